The van der Waals surface area contributed by atoms with Crippen molar-refractivity contribution < 1.29 is 0 Å². The molecule has 2 aliphatic rings. The molecule has 1 saturated heterocycles. The van der Waals surface area contributed by atoms with Gasteiger partial charge < -0.3 is 10.2 Å². The average molecular weight is 267 g/mol. The number of hydrogen-bond donors (Lipinski definition) is 1. The first-order chi connectivity index (χ1) is 9.29. The summed E-state index contributed by atoms with van der Waals surface area (Å²) in [5.41, 5.74) is 0. The predicted octanol–water partition coefficient (Wildman–Crippen LogP) is 2.18. The van der Waals surface area contributed by atoms with Crippen LogP contribution in [0.4, 0.5) is 0 Å². The lowest BCUT2D eigenvalue weighted by molar-refractivity contribution is 0.198. The Labute approximate surface area is 119 Å². The highest BCUT2D eigenvalue weighted by Gasteiger charge is 2.23. The van der Waals surface area contributed by atoms with Crippen molar-refractivity contribution in [2.75, 3.05) is 46.3 Å². The Morgan fingerprint density at radius 1 is 1.16 bits per heavy atom. The van der Waals surface area contributed by atoms with Crippen LogP contribution in [-0.2, 0) is 0 Å². The maximum absolute atomic E-state index is 3.65. The highest BCUT2D eigenvalue weighted by molar-refractivity contribution is 4.80. The summed E-state index contributed by atoms with van der Waals surface area (Å²) in [7, 11) is 2.28. The molecular weight excluding hydrogens is 234 g/mol. The minimum absolute atomic E-state index is 0.810. The molecule has 0 aromatic rings. The average Bonchev–Trinajstić information content (AvgIpc) is 3.05. The first-order valence-corrected chi connectivity index (χ1v) is 8.43. The Hall–Kier alpha value is -0.120. The lowest BCUT2D eigenvalue weighted by Gasteiger charge is -2.27. The molecule has 1 atom stereocenters. The van der Waals surface area contributed by atoms with E-state index in [9.17, 15) is 0 Å². The van der Waals surface area contributed by atoms with Gasteiger partial charge in [0.25, 0.3) is 0 Å². The second kappa shape index (κ2) is 8.23. The number of likely N-dealkylation sites (tertiary alicyclic amines) is 1. The first kappa shape index (κ1) is 15.3. The Bertz CT molecular complexity index is 238. The van der Waals surface area contributed by atoms with Crippen molar-refractivity contribution in [1.29, 1.82) is 0 Å². The largest absolute Gasteiger partial charge is 0.315 e. The van der Waals surface area contributed by atoms with Gasteiger partial charge in [0.2, 0.25) is 0 Å². The SMILES string of the molecule is CCN1CCCC1CN(C)CCNCC1CCCC1. The van der Waals surface area contributed by atoms with Crippen LogP contribution in [0.1, 0.15) is 45.4 Å². The number of likely N-dealkylation sites (N-methyl/N-ethyl adjacent to an activating group) is 2. The van der Waals surface area contributed by atoms with Gasteiger partial charge in [0.15, 0.2) is 0 Å². The fourth-order valence-electron chi connectivity index (χ4n) is 3.76. The quantitative estimate of drug-likeness (QED) is 0.680. The van der Waals surface area contributed by atoms with E-state index in [4.69, 9.17) is 0 Å². The van der Waals surface area contributed by atoms with Gasteiger partial charge in [0, 0.05) is 25.7 Å². The van der Waals surface area contributed by atoms with Gasteiger partial charge in [-0.25, -0.2) is 0 Å². The van der Waals surface area contributed by atoms with E-state index < -0.39 is 0 Å². The van der Waals surface area contributed by atoms with E-state index in [2.05, 4.69) is 29.1 Å². The normalized spacial score (nSPS) is 25.7. The number of rotatable bonds is 8. The Morgan fingerprint density at radius 2 is 1.95 bits per heavy atom. The van der Waals surface area contributed by atoms with E-state index >= 15 is 0 Å². The molecule has 1 aliphatic heterocycles. The lowest BCUT2D eigenvalue weighted by Crippen LogP contribution is -2.41. The van der Waals surface area contributed by atoms with Crippen molar-refractivity contribution in [2.24, 2.45) is 5.92 Å². The molecule has 2 rings (SSSR count). The second-order valence-corrected chi connectivity index (χ2v) is 6.54. The van der Waals surface area contributed by atoms with E-state index in [1.807, 2.05) is 0 Å². The van der Waals surface area contributed by atoms with Crippen molar-refractivity contribution in [2.45, 2.75) is 51.5 Å². The molecule has 0 aromatic heterocycles. The van der Waals surface area contributed by atoms with Crippen molar-refractivity contribution in [3.8, 4) is 0 Å². The Morgan fingerprint density at radius 3 is 2.68 bits per heavy atom. The minimum atomic E-state index is 0.810. The van der Waals surface area contributed by atoms with Crippen LogP contribution in [-0.4, -0.2) is 62.2 Å². The smallest absolute Gasteiger partial charge is 0.0223 e. The molecule has 3 heteroatoms. The summed E-state index contributed by atoms with van der Waals surface area (Å²) in [6.45, 7) is 9.68. The molecule has 1 unspecified atom stereocenters. The van der Waals surface area contributed by atoms with Gasteiger partial charge in [0.05, 0.1) is 0 Å². The zero-order valence-corrected chi connectivity index (χ0v) is 13.0. The molecule has 112 valence electrons. The van der Waals surface area contributed by atoms with E-state index in [0.717, 1.165) is 18.5 Å². The van der Waals surface area contributed by atoms with Crippen molar-refractivity contribution in [3.05, 3.63) is 0 Å². The third-order valence-corrected chi connectivity index (χ3v) is 5.01. The van der Waals surface area contributed by atoms with Gasteiger partial charge in [-0.2, -0.15) is 0 Å². The van der Waals surface area contributed by atoms with E-state index in [-0.39, 0.29) is 0 Å². The van der Waals surface area contributed by atoms with Crippen LogP contribution >= 0.6 is 0 Å². The monoisotopic (exact) mass is 267 g/mol. The Balaban J connectivity index is 1.52. The molecule has 1 N–H and O–H groups in total. The highest BCUT2D eigenvalue weighted by atomic mass is 15.2. The van der Waals surface area contributed by atoms with Gasteiger partial charge in [0.1, 0.15) is 0 Å². The fraction of sp³-hybridized carbons (Fsp3) is 1.00. The summed E-state index contributed by atoms with van der Waals surface area (Å²) in [5.74, 6) is 0.968. The van der Waals surface area contributed by atoms with Crippen molar-refractivity contribution >= 4 is 0 Å². The maximum atomic E-state index is 3.65. The molecule has 2 fully saturated rings. The van der Waals surface area contributed by atoms with Gasteiger partial charge >= 0.3 is 0 Å². The fourth-order valence-corrected chi connectivity index (χ4v) is 3.76. The summed E-state index contributed by atoms with van der Waals surface area (Å²) >= 11 is 0. The summed E-state index contributed by atoms with van der Waals surface area (Å²) in [6, 6.07) is 0.810. The van der Waals surface area contributed by atoms with E-state index in [1.165, 1.54) is 71.2 Å². The molecule has 1 saturated carbocycles. The number of nitrogens with one attached hydrogen (secondary N) is 1. The van der Waals surface area contributed by atoms with Crippen LogP contribution in [0.5, 0.6) is 0 Å². The van der Waals surface area contributed by atoms with Gasteiger partial charge in [-0.1, -0.05) is 19.8 Å². The van der Waals surface area contributed by atoms with Gasteiger partial charge in [-0.3, -0.25) is 4.90 Å². The molecule has 0 spiro atoms. The molecule has 19 heavy (non-hydrogen) atoms. The van der Waals surface area contributed by atoms with Crippen LogP contribution in [0.3, 0.4) is 0 Å². The number of nitrogens with zero attached hydrogens (tertiary/aromatic N) is 2. The maximum Gasteiger partial charge on any atom is 0.0223 e. The third-order valence-electron chi connectivity index (χ3n) is 5.01. The summed E-state index contributed by atoms with van der Waals surface area (Å²) in [6.07, 6.45) is 8.62. The van der Waals surface area contributed by atoms with E-state index in [0.29, 0.717) is 0 Å². The summed E-state index contributed by atoms with van der Waals surface area (Å²) in [4.78, 5) is 5.16. The summed E-state index contributed by atoms with van der Waals surface area (Å²) < 4.78 is 0. The van der Waals surface area contributed by atoms with E-state index in [1.54, 1.807) is 0 Å². The van der Waals surface area contributed by atoms with Crippen LogP contribution in [0, 0.1) is 5.92 Å². The van der Waals surface area contributed by atoms with Crippen LogP contribution in [0.15, 0.2) is 0 Å². The topological polar surface area (TPSA) is 18.5 Å². The zero-order chi connectivity index (χ0) is 13.5. The third kappa shape index (κ3) is 5.05. The highest BCUT2D eigenvalue weighted by Crippen LogP contribution is 2.23. The zero-order valence-electron chi connectivity index (χ0n) is 13.0. The Kier molecular flexibility index (Phi) is 6.62. The molecule has 3 nitrogen and oxygen atoms in total. The molecule has 0 aromatic carbocycles. The van der Waals surface area contributed by atoms with Crippen molar-refractivity contribution in [1.82, 2.24) is 15.1 Å². The minimum Gasteiger partial charge on any atom is -0.315 e. The van der Waals surface area contributed by atoms with Crippen LogP contribution in [0.2, 0.25) is 0 Å². The lowest BCUT2D eigenvalue weighted by atomic mass is 10.1. The van der Waals surface area contributed by atoms with Crippen LogP contribution in [0.25, 0.3) is 0 Å². The van der Waals surface area contributed by atoms with Gasteiger partial charge in [-0.05, 0) is 58.3 Å². The molecule has 1 heterocycles. The number of hydrogen-bond acceptors (Lipinski definition) is 3. The predicted molar refractivity (Wildman–Crippen MR) is 82.6 cm³/mol. The molecule has 0 amide bonds. The van der Waals surface area contributed by atoms with Crippen LogP contribution < -0.4 is 5.32 Å². The first-order valence-electron chi connectivity index (χ1n) is 8.43. The molecular formula is C16H33N3. The van der Waals surface area contributed by atoms with Gasteiger partial charge in [-0.15, -0.1) is 0 Å². The molecule has 1 aliphatic carbocycles. The summed E-state index contributed by atoms with van der Waals surface area (Å²) in [5, 5.41) is 3.65. The van der Waals surface area contributed by atoms with Crippen molar-refractivity contribution in [3.63, 3.8) is 0 Å². The molecule has 0 radical (unpaired) electrons. The standard InChI is InChI=1S/C16H33N3/c1-3-19-11-6-9-16(19)14-18(2)12-10-17-13-15-7-4-5-8-15/h15-17H,3-14H2,1-2H3. The molecule has 0 bridgehead atoms. The second-order valence-electron chi connectivity index (χ2n) is 6.54.